The number of aryl methyl sites for hydroxylation is 1. The highest BCUT2D eigenvalue weighted by molar-refractivity contribution is 5.84. The van der Waals surface area contributed by atoms with Crippen LogP contribution in [-0.2, 0) is 11.2 Å². The summed E-state index contributed by atoms with van der Waals surface area (Å²) >= 11 is 0. The van der Waals surface area contributed by atoms with E-state index in [0.717, 1.165) is 16.5 Å². The summed E-state index contributed by atoms with van der Waals surface area (Å²) in [6.07, 6.45) is 1.48. The van der Waals surface area contributed by atoms with Crippen LogP contribution in [0.15, 0.2) is 65.6 Å². The van der Waals surface area contributed by atoms with Crippen LogP contribution >= 0.6 is 0 Å². The number of carbonyl (C=O) groups excluding carboxylic acids is 1. The molecule has 0 unspecified atom stereocenters. The molecule has 3 N–H and O–H groups in total. The second-order valence-corrected chi connectivity index (χ2v) is 7.59. The van der Waals surface area contributed by atoms with Crippen molar-refractivity contribution in [3.63, 3.8) is 0 Å². The molecule has 0 saturated heterocycles. The van der Waals surface area contributed by atoms with E-state index in [1.807, 2.05) is 30.5 Å². The van der Waals surface area contributed by atoms with Gasteiger partial charge in [-0.15, -0.1) is 0 Å². The van der Waals surface area contributed by atoms with Crippen LogP contribution in [0.3, 0.4) is 0 Å². The van der Waals surface area contributed by atoms with E-state index < -0.39 is 12.1 Å². The number of halogens is 1. The predicted molar refractivity (Wildman–Crippen MR) is 119 cm³/mol. The molecule has 164 valence electrons. The van der Waals surface area contributed by atoms with Gasteiger partial charge in [-0.25, -0.2) is 9.37 Å². The van der Waals surface area contributed by atoms with Gasteiger partial charge < -0.3 is 20.0 Å². The Bertz CT molecular complexity index is 1300. The second kappa shape index (κ2) is 9.05. The fourth-order valence-electron chi connectivity index (χ4n) is 3.59. The third-order valence-electron chi connectivity index (χ3n) is 5.15. The first-order valence-electron chi connectivity index (χ1n) is 10.2. The lowest BCUT2D eigenvalue weighted by Crippen LogP contribution is -2.40. The number of aromatic amines is 2. The molecule has 8 heteroatoms. The van der Waals surface area contributed by atoms with Crippen LogP contribution in [0.5, 0.6) is 5.75 Å². The van der Waals surface area contributed by atoms with Gasteiger partial charge >= 0.3 is 0 Å². The molecule has 4 aromatic rings. The summed E-state index contributed by atoms with van der Waals surface area (Å²) in [6.45, 7) is 3.30. The lowest BCUT2D eigenvalue weighted by Gasteiger charge is -2.21. The van der Waals surface area contributed by atoms with Gasteiger partial charge in [0.15, 0.2) is 6.10 Å². The van der Waals surface area contributed by atoms with E-state index in [1.165, 1.54) is 30.3 Å². The number of para-hydroxylation sites is 1. The van der Waals surface area contributed by atoms with Gasteiger partial charge in [-0.1, -0.05) is 18.2 Å². The van der Waals surface area contributed by atoms with Crippen molar-refractivity contribution in [2.45, 2.75) is 32.4 Å². The first-order chi connectivity index (χ1) is 15.4. The van der Waals surface area contributed by atoms with Gasteiger partial charge in [-0.2, -0.15) is 0 Å². The smallest absolute Gasteiger partial charge is 0.261 e. The SMILES string of the molecule is Cc1nc([C@@H](Cc2c[nH]c3ccccc23)NC(=O)[C@H](C)Oc2ccc(F)cc2)cc(=O)[nH]1. The zero-order valence-corrected chi connectivity index (χ0v) is 17.7. The average Bonchev–Trinajstić information content (AvgIpc) is 3.17. The monoisotopic (exact) mass is 434 g/mol. The molecule has 4 rings (SSSR count). The molecule has 1 amide bonds. The third kappa shape index (κ3) is 4.85. The second-order valence-electron chi connectivity index (χ2n) is 7.59. The number of fused-ring (bicyclic) bond motifs is 1. The number of nitrogens with zero attached hydrogens (tertiary/aromatic N) is 1. The quantitative estimate of drug-likeness (QED) is 0.414. The maximum atomic E-state index is 13.1. The normalized spacial score (nSPS) is 13.0. The highest BCUT2D eigenvalue weighted by atomic mass is 19.1. The molecular weight excluding hydrogens is 411 g/mol. The topological polar surface area (TPSA) is 99.9 Å². The molecule has 0 fully saturated rings. The number of carbonyl (C=O) groups is 1. The summed E-state index contributed by atoms with van der Waals surface area (Å²) < 4.78 is 18.8. The van der Waals surface area contributed by atoms with Crippen molar-refractivity contribution in [3.8, 4) is 5.75 Å². The summed E-state index contributed by atoms with van der Waals surface area (Å²) in [4.78, 5) is 35.3. The maximum Gasteiger partial charge on any atom is 0.261 e. The van der Waals surface area contributed by atoms with Crippen molar-refractivity contribution in [2.75, 3.05) is 0 Å². The van der Waals surface area contributed by atoms with Crippen molar-refractivity contribution in [3.05, 3.63) is 94.0 Å². The van der Waals surface area contributed by atoms with Gasteiger partial charge in [-0.05, 0) is 49.7 Å². The van der Waals surface area contributed by atoms with Crippen LogP contribution in [0.4, 0.5) is 4.39 Å². The molecule has 2 heterocycles. The summed E-state index contributed by atoms with van der Waals surface area (Å²) in [5.74, 6) is 0.0801. The van der Waals surface area contributed by atoms with Crippen LogP contribution in [0, 0.1) is 12.7 Å². The van der Waals surface area contributed by atoms with E-state index in [4.69, 9.17) is 4.74 Å². The highest BCUT2D eigenvalue weighted by Gasteiger charge is 2.23. The van der Waals surface area contributed by atoms with Crippen molar-refractivity contribution in [1.82, 2.24) is 20.3 Å². The van der Waals surface area contributed by atoms with Crippen molar-refractivity contribution < 1.29 is 13.9 Å². The maximum absolute atomic E-state index is 13.1. The van der Waals surface area contributed by atoms with Gasteiger partial charge in [-0.3, -0.25) is 9.59 Å². The number of rotatable bonds is 7. The molecule has 2 atom stereocenters. The lowest BCUT2D eigenvalue weighted by atomic mass is 10.0. The van der Waals surface area contributed by atoms with Crippen molar-refractivity contribution in [1.29, 1.82) is 0 Å². The number of benzene rings is 2. The van der Waals surface area contributed by atoms with E-state index in [-0.39, 0.29) is 17.3 Å². The van der Waals surface area contributed by atoms with Gasteiger partial charge in [0.25, 0.3) is 11.5 Å². The first-order valence-corrected chi connectivity index (χ1v) is 10.2. The largest absolute Gasteiger partial charge is 0.481 e. The molecule has 7 nitrogen and oxygen atoms in total. The van der Waals surface area contributed by atoms with Crippen molar-refractivity contribution >= 4 is 16.8 Å². The number of ether oxygens (including phenoxy) is 1. The Hall–Kier alpha value is -3.94. The molecule has 0 aliphatic carbocycles. The molecule has 0 aliphatic rings. The van der Waals surface area contributed by atoms with Crippen LogP contribution in [0.1, 0.15) is 30.0 Å². The highest BCUT2D eigenvalue weighted by Crippen LogP contribution is 2.24. The molecule has 0 bridgehead atoms. The molecule has 2 aromatic carbocycles. The molecule has 0 spiro atoms. The van der Waals surface area contributed by atoms with Crippen LogP contribution < -0.4 is 15.6 Å². The fraction of sp³-hybridized carbons (Fsp3) is 0.208. The lowest BCUT2D eigenvalue weighted by molar-refractivity contribution is -0.128. The summed E-state index contributed by atoms with van der Waals surface area (Å²) in [6, 6.07) is 14.1. The number of hydrogen-bond acceptors (Lipinski definition) is 4. The number of amides is 1. The Morgan fingerprint density at radius 2 is 1.94 bits per heavy atom. The zero-order chi connectivity index (χ0) is 22.7. The van der Waals surface area contributed by atoms with E-state index in [2.05, 4.69) is 20.3 Å². The Balaban J connectivity index is 1.59. The molecule has 2 aromatic heterocycles. The summed E-state index contributed by atoms with van der Waals surface area (Å²) in [5, 5.41) is 3.99. The number of aromatic nitrogens is 3. The predicted octanol–water partition coefficient (Wildman–Crippen LogP) is 3.57. The molecule has 32 heavy (non-hydrogen) atoms. The van der Waals surface area contributed by atoms with E-state index >= 15 is 0 Å². The molecule has 0 radical (unpaired) electrons. The minimum atomic E-state index is -0.839. The molecule has 0 aliphatic heterocycles. The van der Waals surface area contributed by atoms with Gasteiger partial charge in [0.1, 0.15) is 17.4 Å². The Morgan fingerprint density at radius 3 is 2.69 bits per heavy atom. The summed E-state index contributed by atoms with van der Waals surface area (Å²) in [7, 11) is 0. The van der Waals surface area contributed by atoms with Crippen LogP contribution in [0.2, 0.25) is 0 Å². The van der Waals surface area contributed by atoms with E-state index in [1.54, 1.807) is 13.8 Å². The standard InChI is InChI=1S/C24H23FN4O3/c1-14(32-18-9-7-17(25)8-10-18)24(31)29-21(22-12-23(30)28-15(2)27-22)11-16-13-26-20-6-4-3-5-19(16)20/h3-10,12-14,21,26H,11H2,1-2H3,(H,29,31)(H,27,28,30)/t14-,21+/m0/s1. The Kier molecular flexibility index (Phi) is 6.02. The molecular formula is C24H23FN4O3. The van der Waals surface area contributed by atoms with Gasteiger partial charge in [0, 0.05) is 29.6 Å². The Labute approximate surface area is 183 Å². The number of nitrogens with one attached hydrogen (secondary N) is 3. The fourth-order valence-corrected chi connectivity index (χ4v) is 3.59. The first kappa shape index (κ1) is 21.3. The van der Waals surface area contributed by atoms with Crippen LogP contribution in [-0.4, -0.2) is 27.0 Å². The number of H-pyrrole nitrogens is 2. The summed E-state index contributed by atoms with van der Waals surface area (Å²) in [5.41, 5.74) is 2.13. The molecule has 0 saturated carbocycles. The minimum absolute atomic E-state index is 0.290. The van der Waals surface area contributed by atoms with Crippen molar-refractivity contribution in [2.24, 2.45) is 0 Å². The average molecular weight is 434 g/mol. The zero-order valence-electron chi connectivity index (χ0n) is 17.7. The minimum Gasteiger partial charge on any atom is -0.481 e. The number of hydrogen-bond donors (Lipinski definition) is 3. The van der Waals surface area contributed by atoms with Crippen LogP contribution in [0.25, 0.3) is 10.9 Å². The van der Waals surface area contributed by atoms with E-state index in [9.17, 15) is 14.0 Å². The van der Waals surface area contributed by atoms with Gasteiger partial charge in [0.05, 0.1) is 11.7 Å². The van der Waals surface area contributed by atoms with E-state index in [0.29, 0.717) is 23.7 Å². The van der Waals surface area contributed by atoms with Gasteiger partial charge in [0.2, 0.25) is 0 Å². The third-order valence-corrected chi connectivity index (χ3v) is 5.15. The Morgan fingerprint density at radius 1 is 1.19 bits per heavy atom.